The van der Waals surface area contributed by atoms with Gasteiger partial charge >= 0.3 is 0 Å². The Bertz CT molecular complexity index is 1880. The highest BCUT2D eigenvalue weighted by molar-refractivity contribution is 6.36. The summed E-state index contributed by atoms with van der Waals surface area (Å²) in [6.45, 7) is 2.85. The molecule has 222 valence electrons. The highest BCUT2D eigenvalue weighted by atomic mass is 16.2. The minimum Gasteiger partial charge on any atom is -0.326 e. The van der Waals surface area contributed by atoms with Gasteiger partial charge in [-0.1, -0.05) is 66.7 Å². The lowest BCUT2D eigenvalue weighted by molar-refractivity contribution is -0.119. The first-order chi connectivity index (χ1) is 21.8. The molecule has 10 nitrogen and oxygen atoms in total. The van der Waals surface area contributed by atoms with E-state index in [2.05, 4.69) is 10.6 Å². The normalized spacial score (nSPS) is 16.9. The largest absolute Gasteiger partial charge is 0.326 e. The van der Waals surface area contributed by atoms with Crippen molar-refractivity contribution in [3.8, 4) is 0 Å². The molecule has 2 aliphatic rings. The lowest BCUT2D eigenvalue weighted by Crippen LogP contribution is -2.28. The molecule has 0 fully saturated rings. The lowest BCUT2D eigenvalue weighted by Gasteiger charge is -2.14. The highest BCUT2D eigenvalue weighted by Gasteiger charge is 2.40. The predicted octanol–water partition coefficient (Wildman–Crippen LogP) is 5.35. The standard InChI is InChI=1S/C35H28N6O4/c1-22(42)36-26-17-13-24(14-18-26)32-30(34(44)40(38-32)28-9-5-3-6-10-28)21-31-33(25-15-19-27(20-16-25)37-23(2)43)39-41(35(31)45)29-11-7-4-8-12-29/h3-21,30H,1-2H3,(H,36,42)(H,37,43)/b31-21+/t30-/m1/s1. The molecule has 2 N–H and O–H groups in total. The van der Waals surface area contributed by atoms with Gasteiger partial charge in [0.2, 0.25) is 11.8 Å². The van der Waals surface area contributed by atoms with Crippen LogP contribution in [-0.4, -0.2) is 35.1 Å². The Kier molecular flexibility index (Phi) is 7.85. The summed E-state index contributed by atoms with van der Waals surface area (Å²) in [6.07, 6.45) is 1.62. The first-order valence-electron chi connectivity index (χ1n) is 14.2. The molecule has 0 saturated carbocycles. The molecular weight excluding hydrogens is 568 g/mol. The third-order valence-corrected chi connectivity index (χ3v) is 7.17. The monoisotopic (exact) mass is 596 g/mol. The van der Waals surface area contributed by atoms with Crippen LogP contribution in [0.1, 0.15) is 25.0 Å². The van der Waals surface area contributed by atoms with Crippen LogP contribution < -0.4 is 20.7 Å². The molecule has 0 spiro atoms. The summed E-state index contributed by atoms with van der Waals surface area (Å²) >= 11 is 0. The van der Waals surface area contributed by atoms with Gasteiger partial charge in [0, 0.05) is 30.8 Å². The van der Waals surface area contributed by atoms with Crippen molar-refractivity contribution in [1.82, 2.24) is 0 Å². The van der Waals surface area contributed by atoms with Crippen LogP contribution >= 0.6 is 0 Å². The fourth-order valence-corrected chi connectivity index (χ4v) is 5.14. The molecule has 45 heavy (non-hydrogen) atoms. The lowest BCUT2D eigenvalue weighted by atomic mass is 9.91. The Morgan fingerprint density at radius 1 is 0.644 bits per heavy atom. The summed E-state index contributed by atoms with van der Waals surface area (Å²) in [4.78, 5) is 51.2. The zero-order valence-electron chi connectivity index (χ0n) is 24.5. The molecule has 4 aromatic rings. The second-order valence-electron chi connectivity index (χ2n) is 10.4. The number of hydrogen-bond donors (Lipinski definition) is 2. The van der Waals surface area contributed by atoms with Crippen LogP contribution in [0.3, 0.4) is 0 Å². The van der Waals surface area contributed by atoms with E-state index in [4.69, 9.17) is 10.2 Å². The van der Waals surface area contributed by atoms with Crippen molar-refractivity contribution in [1.29, 1.82) is 0 Å². The second-order valence-corrected chi connectivity index (χ2v) is 10.4. The van der Waals surface area contributed by atoms with E-state index in [0.29, 0.717) is 45.3 Å². The van der Waals surface area contributed by atoms with Gasteiger partial charge < -0.3 is 10.6 Å². The molecule has 0 unspecified atom stereocenters. The van der Waals surface area contributed by atoms with Crippen molar-refractivity contribution in [3.05, 3.63) is 132 Å². The fraction of sp³-hybridized carbons (Fsp3) is 0.0857. The van der Waals surface area contributed by atoms with E-state index < -0.39 is 11.8 Å². The number of hydrogen-bond acceptors (Lipinski definition) is 6. The number of nitrogens with one attached hydrogen (secondary N) is 2. The molecule has 2 heterocycles. The van der Waals surface area contributed by atoms with E-state index in [9.17, 15) is 19.2 Å². The van der Waals surface area contributed by atoms with Gasteiger partial charge in [-0.05, 0) is 54.1 Å². The molecule has 1 atom stereocenters. The van der Waals surface area contributed by atoms with Crippen molar-refractivity contribution in [2.75, 3.05) is 20.7 Å². The van der Waals surface area contributed by atoms with Gasteiger partial charge in [-0.3, -0.25) is 19.2 Å². The number of hydrazone groups is 2. The maximum Gasteiger partial charge on any atom is 0.280 e. The Hall–Kier alpha value is -6.16. The van der Waals surface area contributed by atoms with Crippen molar-refractivity contribution >= 4 is 57.8 Å². The van der Waals surface area contributed by atoms with Crippen molar-refractivity contribution < 1.29 is 19.2 Å². The zero-order chi connectivity index (χ0) is 31.5. The summed E-state index contributed by atoms with van der Waals surface area (Å²) in [5.74, 6) is -2.05. The Morgan fingerprint density at radius 2 is 1.13 bits per heavy atom. The molecule has 0 aromatic heterocycles. The molecule has 0 radical (unpaired) electrons. The summed E-state index contributed by atoms with van der Waals surface area (Å²) in [5, 5.41) is 17.6. The average Bonchev–Trinajstić information content (AvgIpc) is 3.54. The van der Waals surface area contributed by atoms with Crippen molar-refractivity contribution in [2.45, 2.75) is 13.8 Å². The first-order valence-corrected chi connectivity index (χ1v) is 14.2. The second kappa shape index (κ2) is 12.2. The van der Waals surface area contributed by atoms with Gasteiger partial charge in [0.15, 0.2) is 0 Å². The number of rotatable bonds is 7. The van der Waals surface area contributed by atoms with Gasteiger partial charge in [-0.2, -0.15) is 20.2 Å². The smallest absolute Gasteiger partial charge is 0.280 e. The minimum absolute atomic E-state index is 0.200. The first kappa shape index (κ1) is 28.9. The molecule has 2 aliphatic heterocycles. The Labute approximate surface area is 259 Å². The third-order valence-electron chi connectivity index (χ3n) is 7.17. The average molecular weight is 597 g/mol. The number of carbonyl (C=O) groups is 4. The number of para-hydroxylation sites is 2. The van der Waals surface area contributed by atoms with E-state index >= 15 is 0 Å². The molecular formula is C35H28N6O4. The van der Waals surface area contributed by atoms with Crippen LogP contribution in [0.15, 0.2) is 131 Å². The minimum atomic E-state index is -0.921. The summed E-state index contributed by atoms with van der Waals surface area (Å²) in [5.41, 5.74) is 4.71. The van der Waals surface area contributed by atoms with Crippen LogP contribution in [0.25, 0.3) is 0 Å². The Morgan fingerprint density at radius 3 is 1.64 bits per heavy atom. The van der Waals surface area contributed by atoms with Gasteiger partial charge in [0.25, 0.3) is 11.8 Å². The van der Waals surface area contributed by atoms with Gasteiger partial charge in [0.05, 0.1) is 22.7 Å². The molecule has 0 bridgehead atoms. The number of amides is 4. The van der Waals surface area contributed by atoms with Gasteiger partial charge in [0.1, 0.15) is 11.6 Å². The number of carbonyl (C=O) groups excluding carboxylic acids is 4. The zero-order valence-corrected chi connectivity index (χ0v) is 24.5. The van der Waals surface area contributed by atoms with Gasteiger partial charge in [-0.15, -0.1) is 0 Å². The summed E-state index contributed by atoms with van der Waals surface area (Å²) < 4.78 is 0. The fourth-order valence-electron chi connectivity index (χ4n) is 5.14. The molecule has 10 heteroatoms. The quantitative estimate of drug-likeness (QED) is 0.279. The topological polar surface area (TPSA) is 124 Å². The van der Waals surface area contributed by atoms with Crippen LogP contribution in [0, 0.1) is 5.92 Å². The molecule has 0 saturated heterocycles. The summed E-state index contributed by atoms with van der Waals surface area (Å²) in [6, 6.07) is 32.1. The molecule has 6 rings (SSSR count). The van der Waals surface area contributed by atoms with E-state index in [1.807, 2.05) is 36.4 Å². The SMILES string of the molecule is CC(=O)Nc1ccc(C2=NN(c3ccccc3)C(=O)/C2=C/[C@H]2C(=O)N(c3ccccc3)N=C2c2ccc(NC(C)=O)cc2)cc1. The number of benzene rings is 4. The van der Waals surface area contributed by atoms with Crippen LogP contribution in [0.5, 0.6) is 0 Å². The van der Waals surface area contributed by atoms with E-state index in [0.717, 1.165) is 0 Å². The van der Waals surface area contributed by atoms with E-state index in [1.165, 1.54) is 23.9 Å². The number of anilines is 4. The third kappa shape index (κ3) is 6.02. The predicted molar refractivity (Wildman–Crippen MR) is 174 cm³/mol. The maximum atomic E-state index is 14.0. The van der Waals surface area contributed by atoms with Gasteiger partial charge in [-0.25, -0.2) is 0 Å². The molecule has 4 aromatic carbocycles. The van der Waals surface area contributed by atoms with Crippen LogP contribution in [-0.2, 0) is 19.2 Å². The van der Waals surface area contributed by atoms with Crippen LogP contribution in [0.2, 0.25) is 0 Å². The molecule has 0 aliphatic carbocycles. The maximum absolute atomic E-state index is 14.0. The van der Waals surface area contributed by atoms with Crippen LogP contribution in [0.4, 0.5) is 22.7 Å². The Balaban J connectivity index is 1.45. The van der Waals surface area contributed by atoms with E-state index in [1.54, 1.807) is 78.9 Å². The highest BCUT2D eigenvalue weighted by Crippen LogP contribution is 2.32. The molecule has 4 amide bonds. The summed E-state index contributed by atoms with van der Waals surface area (Å²) in [7, 11) is 0. The van der Waals surface area contributed by atoms with Crippen molar-refractivity contribution in [2.24, 2.45) is 16.1 Å². The van der Waals surface area contributed by atoms with Crippen molar-refractivity contribution in [3.63, 3.8) is 0 Å². The van der Waals surface area contributed by atoms with E-state index in [-0.39, 0.29) is 23.3 Å². The number of nitrogens with zero attached hydrogens (tertiary/aromatic N) is 4.